The van der Waals surface area contributed by atoms with E-state index in [1.165, 1.54) is 6.07 Å². The lowest BCUT2D eigenvalue weighted by Crippen LogP contribution is -2.39. The summed E-state index contributed by atoms with van der Waals surface area (Å²) in [4.78, 5) is 4.54. The van der Waals surface area contributed by atoms with Crippen molar-refractivity contribution < 1.29 is 9.50 Å². The second-order valence-electron chi connectivity index (χ2n) is 5.21. The van der Waals surface area contributed by atoms with E-state index in [9.17, 15) is 4.39 Å². The van der Waals surface area contributed by atoms with Crippen LogP contribution in [0.3, 0.4) is 0 Å². The Morgan fingerprint density at radius 2 is 2.09 bits per heavy atom. The number of rotatable bonds is 8. The topological polar surface area (TPSA) is 56.7 Å². The number of nitrogens with zero attached hydrogens (tertiary/aromatic N) is 1. The number of benzene rings is 1. The van der Waals surface area contributed by atoms with Crippen LogP contribution in [0, 0.1) is 11.7 Å². The number of thioether (sulfide) groups is 1. The van der Waals surface area contributed by atoms with Crippen molar-refractivity contribution in [2.45, 2.75) is 26.1 Å². The highest BCUT2D eigenvalue weighted by atomic mass is 127. The highest BCUT2D eigenvalue weighted by molar-refractivity contribution is 14.0. The number of aliphatic hydroxyl groups is 1. The van der Waals surface area contributed by atoms with Crippen molar-refractivity contribution in [2.75, 3.05) is 26.0 Å². The molecule has 0 saturated heterocycles. The van der Waals surface area contributed by atoms with Crippen molar-refractivity contribution in [1.82, 2.24) is 10.6 Å². The zero-order valence-corrected chi connectivity index (χ0v) is 17.1. The van der Waals surface area contributed by atoms with Crippen LogP contribution in [0.25, 0.3) is 0 Å². The first-order valence-corrected chi connectivity index (χ1v) is 8.89. The van der Waals surface area contributed by atoms with Crippen molar-refractivity contribution in [3.8, 4) is 0 Å². The fraction of sp³-hybridized carbons (Fsp3) is 0.562. The van der Waals surface area contributed by atoms with Crippen molar-refractivity contribution in [2.24, 2.45) is 10.9 Å². The van der Waals surface area contributed by atoms with Crippen molar-refractivity contribution >= 4 is 41.7 Å². The molecule has 0 aliphatic heterocycles. The Balaban J connectivity index is 0.00000484. The molecule has 0 bridgehead atoms. The van der Waals surface area contributed by atoms with E-state index in [1.54, 1.807) is 23.9 Å². The van der Waals surface area contributed by atoms with Gasteiger partial charge in [-0.3, -0.25) is 0 Å². The number of aliphatic hydroxyl groups excluding tert-OH is 1. The molecule has 0 heterocycles. The van der Waals surface area contributed by atoms with E-state index >= 15 is 0 Å². The van der Waals surface area contributed by atoms with Gasteiger partial charge in [-0.1, -0.05) is 13.0 Å². The van der Waals surface area contributed by atoms with E-state index in [1.807, 2.05) is 20.1 Å². The van der Waals surface area contributed by atoms with Crippen LogP contribution in [-0.2, 0) is 12.3 Å². The average Bonchev–Trinajstić information content (AvgIpc) is 2.51. The lowest BCUT2D eigenvalue weighted by molar-refractivity contribution is 0.238. The van der Waals surface area contributed by atoms with Crippen molar-refractivity contribution in [1.29, 1.82) is 0 Å². The monoisotopic (exact) mass is 455 g/mol. The molecule has 3 N–H and O–H groups in total. The first kappa shape index (κ1) is 22.5. The Morgan fingerprint density at radius 3 is 2.70 bits per heavy atom. The molecule has 1 rings (SSSR count). The summed E-state index contributed by atoms with van der Waals surface area (Å²) in [6.07, 6.45) is 2.00. The first-order chi connectivity index (χ1) is 10.6. The second kappa shape index (κ2) is 12.8. The van der Waals surface area contributed by atoms with Gasteiger partial charge in [-0.25, -0.2) is 9.38 Å². The molecule has 132 valence electrons. The van der Waals surface area contributed by atoms with Gasteiger partial charge in [0.2, 0.25) is 0 Å². The summed E-state index contributed by atoms with van der Waals surface area (Å²) in [6, 6.07) is 4.85. The minimum atomic E-state index is -0.210. The largest absolute Gasteiger partial charge is 0.396 e. The van der Waals surface area contributed by atoms with Crippen LogP contribution in [0.1, 0.15) is 25.0 Å². The predicted octanol–water partition coefficient (Wildman–Crippen LogP) is 2.99. The zero-order valence-electron chi connectivity index (χ0n) is 13.9. The van der Waals surface area contributed by atoms with Gasteiger partial charge in [0.15, 0.2) is 5.96 Å². The van der Waals surface area contributed by atoms with Crippen LogP contribution < -0.4 is 10.6 Å². The second-order valence-corrected chi connectivity index (χ2v) is 6.08. The molecule has 0 aromatic heterocycles. The van der Waals surface area contributed by atoms with Gasteiger partial charge in [-0.05, 0) is 42.4 Å². The molecule has 0 saturated carbocycles. The van der Waals surface area contributed by atoms with Crippen LogP contribution >= 0.6 is 35.7 Å². The molecule has 0 amide bonds. The molecule has 0 aliphatic rings. The summed E-state index contributed by atoms with van der Waals surface area (Å²) < 4.78 is 13.3. The number of nitrogens with one attached hydrogen (secondary N) is 2. The number of aliphatic imine (C=N–C) groups is 1. The van der Waals surface area contributed by atoms with Crippen LogP contribution in [0.15, 0.2) is 23.2 Å². The lowest BCUT2D eigenvalue weighted by Gasteiger charge is -2.14. The number of guanidine groups is 1. The van der Waals surface area contributed by atoms with Crippen molar-refractivity contribution in [3.05, 3.63) is 35.1 Å². The molecule has 1 unspecified atom stereocenters. The van der Waals surface area contributed by atoms with Gasteiger partial charge in [0.1, 0.15) is 5.82 Å². The first-order valence-electron chi connectivity index (χ1n) is 7.50. The maximum atomic E-state index is 13.3. The van der Waals surface area contributed by atoms with E-state index < -0.39 is 0 Å². The molecule has 1 aromatic rings. The van der Waals surface area contributed by atoms with E-state index in [0.717, 1.165) is 23.4 Å². The molecule has 1 atom stereocenters. The fourth-order valence-electron chi connectivity index (χ4n) is 1.88. The fourth-order valence-corrected chi connectivity index (χ4v) is 2.46. The molecule has 0 aliphatic carbocycles. The third-order valence-corrected chi connectivity index (χ3v) is 3.75. The molecule has 0 spiro atoms. The molecular formula is C16H27FIN3OS. The summed E-state index contributed by atoms with van der Waals surface area (Å²) in [5, 5.41) is 15.4. The maximum absolute atomic E-state index is 13.3. The SMILES string of the molecule is CCNC(=NCc1ccc(F)cc1CSC)NCC(C)CO.I. The molecular weight excluding hydrogens is 428 g/mol. The van der Waals surface area contributed by atoms with Crippen molar-refractivity contribution in [3.63, 3.8) is 0 Å². The number of hydrogen-bond acceptors (Lipinski definition) is 3. The standard InChI is InChI=1S/C16H26FN3OS.HI/c1-4-18-16(19-8-12(2)10-21)20-9-13-5-6-15(17)7-14(13)11-22-3;/h5-7,12,21H,4,8-11H2,1-3H3,(H2,18,19,20);1H. The Kier molecular flexibility index (Phi) is 12.5. The van der Waals surface area contributed by atoms with E-state index in [-0.39, 0.29) is 42.3 Å². The molecule has 0 radical (unpaired) electrons. The summed E-state index contributed by atoms with van der Waals surface area (Å²) in [5.41, 5.74) is 2.01. The highest BCUT2D eigenvalue weighted by Crippen LogP contribution is 2.17. The minimum absolute atomic E-state index is 0. The summed E-state index contributed by atoms with van der Waals surface area (Å²) >= 11 is 1.67. The number of halogens is 2. The summed E-state index contributed by atoms with van der Waals surface area (Å²) in [6.45, 7) is 6.03. The summed E-state index contributed by atoms with van der Waals surface area (Å²) in [7, 11) is 0. The Hall–Kier alpha value is -0.540. The van der Waals surface area contributed by atoms with Crippen LogP contribution in [0.4, 0.5) is 4.39 Å². The molecule has 23 heavy (non-hydrogen) atoms. The quantitative estimate of drug-likeness (QED) is 0.321. The Labute approximate surface area is 159 Å². The molecule has 0 fully saturated rings. The Bertz CT molecular complexity index is 488. The van der Waals surface area contributed by atoms with Crippen LogP contribution in [0.5, 0.6) is 0 Å². The highest BCUT2D eigenvalue weighted by Gasteiger charge is 2.06. The third kappa shape index (κ3) is 8.76. The smallest absolute Gasteiger partial charge is 0.191 e. The van der Waals surface area contributed by atoms with Gasteiger partial charge in [-0.2, -0.15) is 11.8 Å². The molecule has 4 nitrogen and oxygen atoms in total. The van der Waals surface area contributed by atoms with Gasteiger partial charge >= 0.3 is 0 Å². The normalized spacial score (nSPS) is 12.5. The zero-order chi connectivity index (χ0) is 16.4. The summed E-state index contributed by atoms with van der Waals surface area (Å²) in [5.74, 6) is 1.44. The molecule has 7 heteroatoms. The molecule has 1 aromatic carbocycles. The lowest BCUT2D eigenvalue weighted by atomic mass is 10.1. The van der Waals surface area contributed by atoms with Crippen LogP contribution in [-0.4, -0.2) is 37.0 Å². The van der Waals surface area contributed by atoms with Crippen LogP contribution in [0.2, 0.25) is 0 Å². The van der Waals surface area contributed by atoms with Gasteiger partial charge in [0, 0.05) is 25.4 Å². The van der Waals surface area contributed by atoms with Gasteiger partial charge < -0.3 is 15.7 Å². The Morgan fingerprint density at radius 1 is 1.35 bits per heavy atom. The van der Waals surface area contributed by atoms with E-state index in [0.29, 0.717) is 19.0 Å². The van der Waals surface area contributed by atoms with Gasteiger partial charge in [0.25, 0.3) is 0 Å². The average molecular weight is 455 g/mol. The predicted molar refractivity (Wildman–Crippen MR) is 108 cm³/mol. The van der Waals surface area contributed by atoms with Gasteiger partial charge in [0.05, 0.1) is 6.54 Å². The van der Waals surface area contributed by atoms with E-state index in [4.69, 9.17) is 5.11 Å². The maximum Gasteiger partial charge on any atom is 0.191 e. The minimum Gasteiger partial charge on any atom is -0.396 e. The van der Waals surface area contributed by atoms with Gasteiger partial charge in [-0.15, -0.1) is 24.0 Å². The van der Waals surface area contributed by atoms with E-state index in [2.05, 4.69) is 15.6 Å². The number of hydrogen-bond donors (Lipinski definition) is 3. The third-order valence-electron chi connectivity index (χ3n) is 3.15.